The van der Waals surface area contributed by atoms with Gasteiger partial charge in [0, 0.05) is 23.8 Å². The van der Waals surface area contributed by atoms with Crippen LogP contribution < -0.4 is 0 Å². The molecule has 0 spiro atoms. The topological polar surface area (TPSA) is 75.4 Å². The lowest BCUT2D eigenvalue weighted by molar-refractivity contribution is -0.144. The van der Waals surface area contributed by atoms with Gasteiger partial charge in [-0.05, 0) is 63.9 Å². The molecule has 1 aromatic heterocycles. The number of hydrogen-bond acceptors (Lipinski definition) is 3. The summed E-state index contributed by atoms with van der Waals surface area (Å²) in [6.45, 7) is 6.35. The van der Waals surface area contributed by atoms with E-state index in [9.17, 15) is 14.7 Å². The Labute approximate surface area is 147 Å². The van der Waals surface area contributed by atoms with Crippen molar-refractivity contribution in [1.29, 1.82) is 0 Å². The minimum Gasteiger partial charge on any atom is -0.481 e. The van der Waals surface area contributed by atoms with E-state index in [2.05, 4.69) is 5.10 Å². The maximum absolute atomic E-state index is 12.8. The van der Waals surface area contributed by atoms with Crippen molar-refractivity contribution in [3.8, 4) is 5.69 Å². The van der Waals surface area contributed by atoms with Gasteiger partial charge in [-0.25, -0.2) is 4.68 Å². The fraction of sp³-hybridized carbons (Fsp3) is 0.421. The van der Waals surface area contributed by atoms with Gasteiger partial charge in [0.1, 0.15) is 0 Å². The van der Waals surface area contributed by atoms with E-state index in [4.69, 9.17) is 0 Å². The average molecular weight is 341 g/mol. The van der Waals surface area contributed by atoms with Crippen LogP contribution in [0, 0.1) is 19.8 Å². The molecule has 6 heteroatoms. The Balaban J connectivity index is 1.81. The molecule has 0 unspecified atom stereocenters. The normalized spacial score (nSPS) is 20.5. The predicted molar refractivity (Wildman–Crippen MR) is 93.9 cm³/mol. The van der Waals surface area contributed by atoms with Gasteiger partial charge in [0.25, 0.3) is 5.91 Å². The minimum absolute atomic E-state index is 0.113. The van der Waals surface area contributed by atoms with E-state index in [0.29, 0.717) is 18.5 Å². The van der Waals surface area contributed by atoms with Crippen molar-refractivity contribution < 1.29 is 14.7 Å². The molecule has 1 aliphatic rings. The molecular weight excluding hydrogens is 318 g/mol. The van der Waals surface area contributed by atoms with Crippen LogP contribution in [0.3, 0.4) is 0 Å². The molecule has 2 aromatic rings. The Kier molecular flexibility index (Phi) is 4.61. The number of benzene rings is 1. The monoisotopic (exact) mass is 341 g/mol. The highest BCUT2D eigenvalue weighted by Crippen LogP contribution is 2.25. The predicted octanol–water partition coefficient (Wildman–Crippen LogP) is 2.81. The van der Waals surface area contributed by atoms with E-state index in [0.717, 1.165) is 23.5 Å². The van der Waals surface area contributed by atoms with Gasteiger partial charge in [0.05, 0.1) is 17.3 Å². The quantitative estimate of drug-likeness (QED) is 0.931. The molecule has 1 saturated heterocycles. The SMILES string of the molecule is Cc1cc(C)n(-c2ccc(C(=O)N3CCC[C@@H](C(=O)O)[C@H]3C)cc2)n1. The molecule has 1 fully saturated rings. The standard InChI is InChI=1S/C19H23N3O3/c1-12-11-13(2)22(20-12)16-8-6-15(7-9-16)18(23)21-10-4-5-17(14(21)3)19(24)25/h6-9,11,14,17H,4-5,10H2,1-3H3,(H,24,25)/t14-,17-/m1/s1. The van der Waals surface area contributed by atoms with E-state index >= 15 is 0 Å². The third kappa shape index (κ3) is 3.29. The van der Waals surface area contributed by atoms with Crippen molar-refractivity contribution in [2.24, 2.45) is 5.92 Å². The molecule has 1 amide bonds. The molecule has 6 nitrogen and oxygen atoms in total. The van der Waals surface area contributed by atoms with Crippen molar-refractivity contribution in [1.82, 2.24) is 14.7 Å². The van der Waals surface area contributed by atoms with Crippen LogP contribution in [0.2, 0.25) is 0 Å². The summed E-state index contributed by atoms with van der Waals surface area (Å²) in [4.78, 5) is 25.8. The molecule has 1 aromatic carbocycles. The first-order chi connectivity index (χ1) is 11.9. The molecule has 132 valence electrons. The van der Waals surface area contributed by atoms with Gasteiger partial charge in [-0.3, -0.25) is 9.59 Å². The molecule has 0 saturated carbocycles. The van der Waals surface area contributed by atoms with Crippen LogP contribution in [0.25, 0.3) is 5.69 Å². The molecule has 3 rings (SSSR count). The number of carbonyl (C=O) groups is 2. The number of amides is 1. The maximum Gasteiger partial charge on any atom is 0.308 e. The van der Waals surface area contributed by atoms with Crippen LogP contribution in [-0.4, -0.2) is 44.3 Å². The van der Waals surface area contributed by atoms with Gasteiger partial charge in [0.15, 0.2) is 0 Å². The van der Waals surface area contributed by atoms with Crippen molar-refractivity contribution in [3.05, 3.63) is 47.3 Å². The summed E-state index contributed by atoms with van der Waals surface area (Å²) in [6, 6.07) is 9.01. The summed E-state index contributed by atoms with van der Waals surface area (Å²) in [5, 5.41) is 13.8. The zero-order valence-corrected chi connectivity index (χ0v) is 14.8. The smallest absolute Gasteiger partial charge is 0.308 e. The highest BCUT2D eigenvalue weighted by molar-refractivity contribution is 5.95. The number of piperidine rings is 1. The lowest BCUT2D eigenvalue weighted by Crippen LogP contribution is -2.49. The first kappa shape index (κ1) is 17.2. The fourth-order valence-corrected chi connectivity index (χ4v) is 3.56. The van der Waals surface area contributed by atoms with E-state index in [-0.39, 0.29) is 11.9 Å². The largest absolute Gasteiger partial charge is 0.481 e. The molecular formula is C19H23N3O3. The highest BCUT2D eigenvalue weighted by atomic mass is 16.4. The van der Waals surface area contributed by atoms with Crippen LogP contribution in [0.5, 0.6) is 0 Å². The van der Waals surface area contributed by atoms with Crippen LogP contribution in [-0.2, 0) is 4.79 Å². The molecule has 2 atom stereocenters. The molecule has 0 aliphatic carbocycles. The number of carboxylic acid groups (broad SMARTS) is 1. The Hall–Kier alpha value is -2.63. The third-order valence-corrected chi connectivity index (χ3v) is 4.93. The lowest BCUT2D eigenvalue weighted by Gasteiger charge is -2.37. The number of nitrogens with zero attached hydrogens (tertiary/aromatic N) is 3. The number of rotatable bonds is 3. The van der Waals surface area contributed by atoms with E-state index < -0.39 is 11.9 Å². The summed E-state index contributed by atoms with van der Waals surface area (Å²) < 4.78 is 1.84. The van der Waals surface area contributed by atoms with Gasteiger partial charge < -0.3 is 10.0 Å². The van der Waals surface area contributed by atoms with Crippen LogP contribution in [0.1, 0.15) is 41.5 Å². The maximum atomic E-state index is 12.8. The van der Waals surface area contributed by atoms with Crippen LogP contribution in [0.15, 0.2) is 30.3 Å². The Bertz CT molecular complexity index is 795. The van der Waals surface area contributed by atoms with Crippen molar-refractivity contribution >= 4 is 11.9 Å². The van der Waals surface area contributed by atoms with Crippen molar-refractivity contribution in [2.75, 3.05) is 6.54 Å². The summed E-state index contributed by atoms with van der Waals surface area (Å²) in [6.07, 6.45) is 1.34. The molecule has 25 heavy (non-hydrogen) atoms. The molecule has 0 bridgehead atoms. The number of carboxylic acids is 1. The summed E-state index contributed by atoms with van der Waals surface area (Å²) >= 11 is 0. The molecule has 0 radical (unpaired) electrons. The van der Waals surface area contributed by atoms with E-state index in [1.54, 1.807) is 17.0 Å². The first-order valence-electron chi connectivity index (χ1n) is 8.56. The second-order valence-corrected chi connectivity index (χ2v) is 6.71. The van der Waals surface area contributed by atoms with Crippen molar-refractivity contribution in [2.45, 2.75) is 39.7 Å². The fourth-order valence-electron chi connectivity index (χ4n) is 3.56. The van der Waals surface area contributed by atoms with Gasteiger partial charge in [-0.1, -0.05) is 0 Å². The molecule has 1 aliphatic heterocycles. The number of likely N-dealkylation sites (tertiary alicyclic amines) is 1. The highest BCUT2D eigenvalue weighted by Gasteiger charge is 2.35. The van der Waals surface area contributed by atoms with E-state index in [1.807, 2.05) is 43.7 Å². The number of hydrogen-bond donors (Lipinski definition) is 1. The molecule has 1 N–H and O–H groups in total. The first-order valence-corrected chi connectivity index (χ1v) is 8.56. The van der Waals surface area contributed by atoms with Gasteiger partial charge in [-0.2, -0.15) is 5.10 Å². The second kappa shape index (κ2) is 6.70. The zero-order valence-electron chi connectivity index (χ0n) is 14.8. The van der Waals surface area contributed by atoms with Gasteiger partial charge >= 0.3 is 5.97 Å². The van der Waals surface area contributed by atoms with Crippen molar-refractivity contribution in [3.63, 3.8) is 0 Å². The summed E-state index contributed by atoms with van der Waals surface area (Å²) in [5.41, 5.74) is 3.45. The molecule has 2 heterocycles. The Morgan fingerprint density at radius 1 is 1.20 bits per heavy atom. The zero-order chi connectivity index (χ0) is 18.1. The second-order valence-electron chi connectivity index (χ2n) is 6.71. The number of aliphatic carboxylic acids is 1. The van der Waals surface area contributed by atoms with E-state index in [1.165, 1.54) is 0 Å². The Morgan fingerprint density at radius 3 is 2.44 bits per heavy atom. The van der Waals surface area contributed by atoms with Crippen LogP contribution in [0.4, 0.5) is 0 Å². The summed E-state index contributed by atoms with van der Waals surface area (Å²) in [5.74, 6) is -1.44. The Morgan fingerprint density at radius 2 is 1.88 bits per heavy atom. The number of aryl methyl sites for hydroxylation is 2. The number of aromatic nitrogens is 2. The minimum atomic E-state index is -0.829. The van der Waals surface area contributed by atoms with Crippen LogP contribution >= 0.6 is 0 Å². The lowest BCUT2D eigenvalue weighted by atomic mass is 9.90. The summed E-state index contributed by atoms with van der Waals surface area (Å²) in [7, 11) is 0. The number of carbonyl (C=O) groups excluding carboxylic acids is 1. The van der Waals surface area contributed by atoms with Gasteiger partial charge in [0.2, 0.25) is 0 Å². The average Bonchev–Trinajstić information content (AvgIpc) is 2.92. The third-order valence-electron chi connectivity index (χ3n) is 4.93. The van der Waals surface area contributed by atoms with Gasteiger partial charge in [-0.15, -0.1) is 0 Å².